The molecule has 0 aliphatic carbocycles. The van der Waals surface area contributed by atoms with Crippen LogP contribution in [0.25, 0.3) is 11.4 Å². The van der Waals surface area contributed by atoms with Gasteiger partial charge in [0.2, 0.25) is 5.95 Å². The summed E-state index contributed by atoms with van der Waals surface area (Å²) in [7, 11) is 0. The molecule has 1 aromatic carbocycles. The van der Waals surface area contributed by atoms with Crippen molar-refractivity contribution >= 4 is 29.2 Å². The number of hydrogen-bond acceptors (Lipinski definition) is 5. The first-order valence-electron chi connectivity index (χ1n) is 6.22. The first kappa shape index (κ1) is 14.8. The predicted octanol–water partition coefficient (Wildman–Crippen LogP) is 3.68. The Bertz CT molecular complexity index is 583. The van der Waals surface area contributed by atoms with Crippen LogP contribution >= 0.6 is 23.2 Å². The number of halogens is 2. The van der Waals surface area contributed by atoms with Gasteiger partial charge in [-0.2, -0.15) is 15.0 Å². The van der Waals surface area contributed by atoms with E-state index in [0.29, 0.717) is 40.5 Å². The first-order valence-corrected chi connectivity index (χ1v) is 6.98. The predicted molar refractivity (Wildman–Crippen MR) is 80.6 cm³/mol. The molecule has 0 atom stereocenters. The molecule has 0 spiro atoms. The summed E-state index contributed by atoms with van der Waals surface area (Å²) < 4.78 is 5.35. The monoisotopic (exact) mass is 312 g/mol. The highest BCUT2D eigenvalue weighted by molar-refractivity contribution is 6.43. The van der Waals surface area contributed by atoms with E-state index in [1.165, 1.54) is 0 Å². The van der Waals surface area contributed by atoms with E-state index in [9.17, 15) is 0 Å². The van der Waals surface area contributed by atoms with Crippen molar-refractivity contribution in [3.63, 3.8) is 0 Å². The fourth-order valence-electron chi connectivity index (χ4n) is 1.58. The third kappa shape index (κ3) is 3.29. The second-order valence-corrected chi connectivity index (χ2v) is 4.62. The van der Waals surface area contributed by atoms with Crippen LogP contribution in [0.1, 0.15) is 13.8 Å². The minimum atomic E-state index is 0.254. The molecule has 0 aliphatic heterocycles. The number of aromatic nitrogens is 3. The number of rotatable bonds is 5. The van der Waals surface area contributed by atoms with Crippen molar-refractivity contribution < 1.29 is 4.74 Å². The van der Waals surface area contributed by atoms with Crippen molar-refractivity contribution in [3.8, 4) is 17.4 Å². The van der Waals surface area contributed by atoms with Gasteiger partial charge in [0.1, 0.15) is 0 Å². The van der Waals surface area contributed by atoms with Gasteiger partial charge < -0.3 is 10.1 Å². The minimum Gasteiger partial charge on any atom is -0.464 e. The van der Waals surface area contributed by atoms with Crippen molar-refractivity contribution in [1.29, 1.82) is 0 Å². The summed E-state index contributed by atoms with van der Waals surface area (Å²) in [6.45, 7) is 4.98. The van der Waals surface area contributed by atoms with E-state index in [0.717, 1.165) is 0 Å². The molecule has 0 saturated carbocycles. The maximum Gasteiger partial charge on any atom is 0.321 e. The summed E-state index contributed by atoms with van der Waals surface area (Å²) >= 11 is 12.2. The Kier molecular flexibility index (Phi) is 4.98. The highest BCUT2D eigenvalue weighted by Gasteiger charge is 2.13. The quantitative estimate of drug-likeness (QED) is 0.912. The number of hydrogen-bond donors (Lipinski definition) is 1. The van der Waals surface area contributed by atoms with Gasteiger partial charge in [0.25, 0.3) is 0 Å². The van der Waals surface area contributed by atoms with Crippen molar-refractivity contribution in [2.75, 3.05) is 18.5 Å². The zero-order chi connectivity index (χ0) is 14.5. The molecular weight excluding hydrogens is 299 g/mol. The van der Waals surface area contributed by atoms with Gasteiger partial charge in [0, 0.05) is 12.1 Å². The third-order valence-electron chi connectivity index (χ3n) is 2.42. The molecule has 1 aromatic heterocycles. The second-order valence-electron chi connectivity index (χ2n) is 3.83. The van der Waals surface area contributed by atoms with Gasteiger partial charge in [0.15, 0.2) is 5.82 Å². The molecular formula is C13H14Cl2N4O. The number of anilines is 1. The number of benzene rings is 1. The van der Waals surface area contributed by atoms with Gasteiger partial charge in [-0.05, 0) is 26.0 Å². The van der Waals surface area contributed by atoms with Crippen LogP contribution in [0, 0.1) is 0 Å². The molecule has 1 N–H and O–H groups in total. The lowest BCUT2D eigenvalue weighted by Gasteiger charge is -2.09. The lowest BCUT2D eigenvalue weighted by atomic mass is 10.2. The normalized spacial score (nSPS) is 10.4. The molecule has 0 amide bonds. The largest absolute Gasteiger partial charge is 0.464 e. The van der Waals surface area contributed by atoms with Crippen LogP contribution in [-0.4, -0.2) is 28.1 Å². The van der Waals surface area contributed by atoms with Crippen LogP contribution < -0.4 is 10.1 Å². The zero-order valence-corrected chi connectivity index (χ0v) is 12.7. The lowest BCUT2D eigenvalue weighted by molar-refractivity contribution is 0.312. The Balaban J connectivity index is 2.51. The molecule has 0 saturated heterocycles. The third-order valence-corrected chi connectivity index (χ3v) is 3.23. The van der Waals surface area contributed by atoms with Crippen LogP contribution in [0.5, 0.6) is 6.01 Å². The summed E-state index contributed by atoms with van der Waals surface area (Å²) in [6, 6.07) is 5.56. The van der Waals surface area contributed by atoms with Crippen molar-refractivity contribution in [3.05, 3.63) is 28.2 Å². The van der Waals surface area contributed by atoms with E-state index >= 15 is 0 Å². The summed E-state index contributed by atoms with van der Waals surface area (Å²) in [6.07, 6.45) is 0. The zero-order valence-electron chi connectivity index (χ0n) is 11.2. The van der Waals surface area contributed by atoms with Gasteiger partial charge >= 0.3 is 6.01 Å². The standard InChI is InChI=1S/C13H14Cl2N4O/c1-3-16-12-17-11(18-13(19-12)20-4-2)8-6-5-7-9(14)10(8)15/h5-7H,3-4H2,1-2H3,(H,16,17,18,19). The summed E-state index contributed by atoms with van der Waals surface area (Å²) in [5.41, 5.74) is 0.640. The van der Waals surface area contributed by atoms with E-state index < -0.39 is 0 Å². The second kappa shape index (κ2) is 6.72. The Labute approximate surface area is 127 Å². The fraction of sp³-hybridized carbons (Fsp3) is 0.308. The highest BCUT2D eigenvalue weighted by Crippen LogP contribution is 2.32. The molecule has 106 valence electrons. The fourth-order valence-corrected chi connectivity index (χ4v) is 1.97. The number of nitrogens with zero attached hydrogens (tertiary/aromatic N) is 3. The van der Waals surface area contributed by atoms with E-state index in [1.807, 2.05) is 13.8 Å². The smallest absolute Gasteiger partial charge is 0.321 e. The number of nitrogens with one attached hydrogen (secondary N) is 1. The highest BCUT2D eigenvalue weighted by atomic mass is 35.5. The van der Waals surface area contributed by atoms with E-state index in [1.54, 1.807) is 18.2 Å². The minimum absolute atomic E-state index is 0.254. The topological polar surface area (TPSA) is 59.9 Å². The molecule has 5 nitrogen and oxygen atoms in total. The lowest BCUT2D eigenvalue weighted by Crippen LogP contribution is -2.07. The SMILES string of the molecule is CCNc1nc(OCC)nc(-c2cccc(Cl)c2Cl)n1. The molecule has 0 aliphatic rings. The number of ether oxygens (including phenoxy) is 1. The van der Waals surface area contributed by atoms with E-state index in [2.05, 4.69) is 20.3 Å². The van der Waals surface area contributed by atoms with Crippen molar-refractivity contribution in [1.82, 2.24) is 15.0 Å². The summed E-state index contributed by atoms with van der Waals surface area (Å²) in [5.74, 6) is 0.865. The van der Waals surface area contributed by atoms with Gasteiger partial charge in [-0.25, -0.2) is 0 Å². The van der Waals surface area contributed by atoms with Crippen LogP contribution in [0.3, 0.4) is 0 Å². The Hall–Kier alpha value is -1.59. The first-order chi connectivity index (χ1) is 9.65. The van der Waals surface area contributed by atoms with Gasteiger partial charge in [-0.1, -0.05) is 29.3 Å². The van der Waals surface area contributed by atoms with E-state index in [-0.39, 0.29) is 6.01 Å². The van der Waals surface area contributed by atoms with Crippen LogP contribution in [0.4, 0.5) is 5.95 Å². The van der Waals surface area contributed by atoms with Crippen molar-refractivity contribution in [2.45, 2.75) is 13.8 Å². The Morgan fingerprint density at radius 2 is 1.95 bits per heavy atom. The average molecular weight is 313 g/mol. The van der Waals surface area contributed by atoms with Crippen LogP contribution in [-0.2, 0) is 0 Å². The molecule has 0 unspecified atom stereocenters. The molecule has 0 radical (unpaired) electrons. The maximum atomic E-state index is 6.19. The van der Waals surface area contributed by atoms with Gasteiger partial charge in [0.05, 0.1) is 16.7 Å². The molecule has 20 heavy (non-hydrogen) atoms. The van der Waals surface area contributed by atoms with Crippen molar-refractivity contribution in [2.24, 2.45) is 0 Å². The average Bonchev–Trinajstić information content (AvgIpc) is 2.42. The van der Waals surface area contributed by atoms with Crippen LogP contribution in [0.15, 0.2) is 18.2 Å². The van der Waals surface area contributed by atoms with Gasteiger partial charge in [-0.15, -0.1) is 0 Å². The summed E-state index contributed by atoms with van der Waals surface area (Å²) in [5, 5.41) is 3.89. The Morgan fingerprint density at radius 1 is 1.15 bits per heavy atom. The maximum absolute atomic E-state index is 6.19. The summed E-state index contributed by atoms with van der Waals surface area (Å²) in [4.78, 5) is 12.7. The molecule has 2 aromatic rings. The Morgan fingerprint density at radius 3 is 2.65 bits per heavy atom. The molecule has 1 heterocycles. The van der Waals surface area contributed by atoms with E-state index in [4.69, 9.17) is 27.9 Å². The molecule has 2 rings (SSSR count). The molecule has 7 heteroatoms. The van der Waals surface area contributed by atoms with Gasteiger partial charge in [-0.3, -0.25) is 0 Å². The van der Waals surface area contributed by atoms with Crippen LogP contribution in [0.2, 0.25) is 10.0 Å². The molecule has 0 bridgehead atoms. The molecule has 0 fully saturated rings.